The molecule has 1 fully saturated rings. The number of nitrogens with one attached hydrogen (secondary N) is 2. The van der Waals surface area contributed by atoms with Crippen molar-refractivity contribution in [1.29, 1.82) is 0 Å². The zero-order valence-electron chi connectivity index (χ0n) is 11.2. The van der Waals surface area contributed by atoms with E-state index >= 15 is 0 Å². The normalized spacial score (nSPS) is 17.6. The van der Waals surface area contributed by atoms with Gasteiger partial charge in [-0.25, -0.2) is 0 Å². The number of hydrogen-bond donors (Lipinski definition) is 2. The van der Waals surface area contributed by atoms with Gasteiger partial charge in [-0.05, 0) is 12.8 Å². The van der Waals surface area contributed by atoms with Gasteiger partial charge in [0.05, 0.1) is 11.1 Å². The Hall–Kier alpha value is -1.56. The molecule has 1 aromatic rings. The second kappa shape index (κ2) is 6.26. The molecular weight excluding hydrogens is 282 g/mol. The van der Waals surface area contributed by atoms with Crippen molar-refractivity contribution in [2.75, 3.05) is 12.4 Å². The van der Waals surface area contributed by atoms with E-state index in [1.807, 2.05) is 0 Å². The fraction of sp³-hybridized carbons (Fsp3) is 0.615. The Morgan fingerprint density at radius 3 is 2.70 bits per heavy atom. The number of halogens is 1. The van der Waals surface area contributed by atoms with E-state index in [9.17, 15) is 14.9 Å². The minimum absolute atomic E-state index is 0.0337. The van der Waals surface area contributed by atoms with Crippen molar-refractivity contribution < 1.29 is 9.72 Å². The molecule has 0 aromatic carbocycles. The number of alkyl halides is 1. The quantitative estimate of drug-likeness (QED) is 0.498. The Morgan fingerprint density at radius 1 is 1.45 bits per heavy atom. The summed E-state index contributed by atoms with van der Waals surface area (Å²) in [6.45, 7) is 0.516. The summed E-state index contributed by atoms with van der Waals surface area (Å²) in [6.07, 6.45) is 6.73. The highest BCUT2D eigenvalue weighted by atomic mass is 35.5. The average molecular weight is 300 g/mol. The molecule has 0 unspecified atom stereocenters. The first-order valence-corrected chi connectivity index (χ1v) is 7.27. The van der Waals surface area contributed by atoms with Crippen molar-refractivity contribution in [2.45, 2.75) is 32.1 Å². The van der Waals surface area contributed by atoms with Crippen molar-refractivity contribution in [3.8, 4) is 0 Å². The number of aromatic amines is 1. The molecule has 0 atom stereocenters. The lowest BCUT2D eigenvalue weighted by Crippen LogP contribution is -2.40. The fourth-order valence-electron chi connectivity index (χ4n) is 2.64. The summed E-state index contributed by atoms with van der Waals surface area (Å²) in [6, 6.07) is 1.24. The largest absolute Gasteiger partial charge is 0.351 e. The van der Waals surface area contributed by atoms with Crippen LogP contribution in [0.4, 0.5) is 5.69 Å². The number of nitro groups is 1. The highest BCUT2D eigenvalue weighted by Crippen LogP contribution is 2.36. The Kier molecular flexibility index (Phi) is 4.65. The van der Waals surface area contributed by atoms with E-state index in [2.05, 4.69) is 10.3 Å². The number of aromatic nitrogens is 1. The summed E-state index contributed by atoms with van der Waals surface area (Å²) in [7, 11) is 0. The van der Waals surface area contributed by atoms with Gasteiger partial charge in [0.25, 0.3) is 11.6 Å². The molecule has 2 rings (SSSR count). The third kappa shape index (κ3) is 3.30. The van der Waals surface area contributed by atoms with Crippen LogP contribution in [0, 0.1) is 15.5 Å². The third-order valence-electron chi connectivity index (χ3n) is 3.94. The molecule has 20 heavy (non-hydrogen) atoms. The summed E-state index contributed by atoms with van der Waals surface area (Å²) in [5.74, 6) is 0.200. The number of carbonyl (C=O) groups is 1. The summed E-state index contributed by atoms with van der Waals surface area (Å²) in [5, 5.41) is 13.4. The first-order chi connectivity index (χ1) is 9.56. The average Bonchev–Trinajstić information content (AvgIpc) is 2.96. The standard InChI is InChI=1S/C13H18ClN3O3/c14-8-13(4-2-1-3-5-13)9-16-12(18)11-6-10(7-15-11)17(19)20/h6-7,15H,1-5,8-9H2,(H,16,18). The highest BCUT2D eigenvalue weighted by molar-refractivity contribution is 6.18. The Labute approximate surface area is 122 Å². The number of amides is 1. The third-order valence-corrected chi connectivity index (χ3v) is 4.51. The fourth-order valence-corrected chi connectivity index (χ4v) is 3.00. The molecule has 6 nitrogen and oxygen atoms in total. The summed E-state index contributed by atoms with van der Waals surface area (Å²) in [4.78, 5) is 24.6. The zero-order chi connectivity index (χ0) is 14.6. The van der Waals surface area contributed by atoms with E-state index in [1.54, 1.807) is 0 Å². The van der Waals surface area contributed by atoms with Crippen molar-refractivity contribution in [3.05, 3.63) is 28.1 Å². The van der Waals surface area contributed by atoms with Crippen LogP contribution in [-0.2, 0) is 0 Å². The van der Waals surface area contributed by atoms with Crippen molar-refractivity contribution in [2.24, 2.45) is 5.41 Å². The van der Waals surface area contributed by atoms with Gasteiger partial charge in [-0.2, -0.15) is 0 Å². The molecule has 0 spiro atoms. The Bertz CT molecular complexity index is 495. The summed E-state index contributed by atoms with van der Waals surface area (Å²) >= 11 is 6.06. The van der Waals surface area contributed by atoms with Crippen molar-refractivity contribution >= 4 is 23.2 Å². The van der Waals surface area contributed by atoms with Gasteiger partial charge in [0.2, 0.25) is 0 Å². The number of H-pyrrole nitrogens is 1. The lowest BCUT2D eigenvalue weighted by Gasteiger charge is -2.35. The van der Waals surface area contributed by atoms with Crippen LogP contribution in [-0.4, -0.2) is 28.2 Å². The van der Waals surface area contributed by atoms with Gasteiger partial charge in [-0.15, -0.1) is 11.6 Å². The molecule has 1 aliphatic carbocycles. The molecule has 1 amide bonds. The monoisotopic (exact) mass is 299 g/mol. The summed E-state index contributed by atoms with van der Waals surface area (Å²) < 4.78 is 0. The second-order valence-corrected chi connectivity index (χ2v) is 5.67. The SMILES string of the molecule is O=C(NCC1(CCl)CCCCC1)c1cc([N+](=O)[O-])c[nH]1. The lowest BCUT2D eigenvalue weighted by atomic mass is 9.75. The molecule has 0 saturated heterocycles. The first kappa shape index (κ1) is 14.8. The maximum absolute atomic E-state index is 12.0. The topological polar surface area (TPSA) is 88.0 Å². The smallest absolute Gasteiger partial charge is 0.287 e. The van der Waals surface area contributed by atoms with Crippen molar-refractivity contribution in [3.63, 3.8) is 0 Å². The molecule has 7 heteroatoms. The molecular formula is C13H18ClN3O3. The minimum atomic E-state index is -0.533. The number of nitrogens with zero attached hydrogens (tertiary/aromatic N) is 1. The predicted octanol–water partition coefficient (Wildman–Crippen LogP) is 2.84. The van der Waals surface area contributed by atoms with Gasteiger partial charge < -0.3 is 10.3 Å². The highest BCUT2D eigenvalue weighted by Gasteiger charge is 2.31. The van der Waals surface area contributed by atoms with E-state index in [0.29, 0.717) is 12.4 Å². The maximum Gasteiger partial charge on any atom is 0.287 e. The molecule has 1 heterocycles. The second-order valence-electron chi connectivity index (χ2n) is 5.41. The van der Waals surface area contributed by atoms with Crippen LogP contribution in [0.15, 0.2) is 12.3 Å². The first-order valence-electron chi connectivity index (χ1n) is 6.73. The maximum atomic E-state index is 12.0. The Balaban J connectivity index is 1.95. The molecule has 0 radical (unpaired) electrons. The predicted molar refractivity (Wildman–Crippen MR) is 76.0 cm³/mol. The lowest BCUT2D eigenvalue weighted by molar-refractivity contribution is -0.384. The van der Waals surface area contributed by atoms with Gasteiger partial charge in [0, 0.05) is 23.9 Å². The van der Waals surface area contributed by atoms with Crippen LogP contribution in [0.25, 0.3) is 0 Å². The molecule has 0 bridgehead atoms. The molecule has 1 saturated carbocycles. The molecule has 110 valence electrons. The summed E-state index contributed by atoms with van der Waals surface area (Å²) in [5.41, 5.74) is 0.0608. The van der Waals surface area contributed by atoms with Crippen molar-refractivity contribution in [1.82, 2.24) is 10.3 Å². The van der Waals surface area contributed by atoms with Crippen LogP contribution in [0.5, 0.6) is 0 Å². The number of rotatable bonds is 5. The van der Waals surface area contributed by atoms with E-state index < -0.39 is 4.92 Å². The number of hydrogen-bond acceptors (Lipinski definition) is 3. The minimum Gasteiger partial charge on any atom is -0.351 e. The van der Waals surface area contributed by atoms with Gasteiger partial charge in [0.1, 0.15) is 5.69 Å². The molecule has 2 N–H and O–H groups in total. The van der Waals surface area contributed by atoms with E-state index in [0.717, 1.165) is 25.7 Å². The van der Waals surface area contributed by atoms with Gasteiger partial charge in [-0.1, -0.05) is 19.3 Å². The van der Waals surface area contributed by atoms with Crippen LogP contribution in [0.1, 0.15) is 42.6 Å². The number of carbonyl (C=O) groups excluding carboxylic acids is 1. The van der Waals surface area contributed by atoms with E-state index in [1.165, 1.54) is 18.7 Å². The zero-order valence-corrected chi connectivity index (χ0v) is 11.9. The van der Waals surface area contributed by atoms with E-state index in [4.69, 9.17) is 11.6 Å². The molecule has 1 aliphatic rings. The van der Waals surface area contributed by atoms with Gasteiger partial charge in [-0.3, -0.25) is 14.9 Å². The van der Waals surface area contributed by atoms with Crippen LogP contribution >= 0.6 is 11.6 Å². The van der Waals surface area contributed by atoms with Gasteiger partial charge >= 0.3 is 0 Å². The van der Waals surface area contributed by atoms with Crippen LogP contribution in [0.2, 0.25) is 0 Å². The van der Waals surface area contributed by atoms with Crippen LogP contribution in [0.3, 0.4) is 0 Å². The van der Waals surface area contributed by atoms with E-state index in [-0.39, 0.29) is 22.7 Å². The molecule has 1 aromatic heterocycles. The Morgan fingerprint density at radius 2 is 2.15 bits per heavy atom. The van der Waals surface area contributed by atoms with Gasteiger partial charge in [0.15, 0.2) is 0 Å². The molecule has 0 aliphatic heterocycles. The van der Waals surface area contributed by atoms with Crippen LogP contribution < -0.4 is 5.32 Å².